The highest BCUT2D eigenvalue weighted by atomic mass is 16.1. The van der Waals surface area contributed by atoms with Crippen LogP contribution >= 0.6 is 0 Å². The van der Waals surface area contributed by atoms with E-state index >= 15 is 0 Å². The molecular weight excluding hydrogens is 238 g/mol. The van der Waals surface area contributed by atoms with Crippen LogP contribution < -0.4 is 0 Å². The Balaban J connectivity index is 2.18. The number of carbonyl (C=O) groups is 1. The lowest BCUT2D eigenvalue weighted by atomic mass is 10.2. The van der Waals surface area contributed by atoms with Gasteiger partial charge in [0.25, 0.3) is 0 Å². The highest BCUT2D eigenvalue weighted by molar-refractivity contribution is 5.81. The molecule has 0 aliphatic rings. The van der Waals surface area contributed by atoms with Crippen LogP contribution in [0.1, 0.15) is 16.2 Å². The Labute approximate surface area is 110 Å². The first-order valence-electron chi connectivity index (χ1n) is 5.93. The highest BCUT2D eigenvalue weighted by Gasteiger charge is 2.06. The summed E-state index contributed by atoms with van der Waals surface area (Å²) in [6.07, 6.45) is 0.721. The van der Waals surface area contributed by atoms with Gasteiger partial charge in [0.1, 0.15) is 11.4 Å². The second-order valence-electron chi connectivity index (χ2n) is 4.26. The Morgan fingerprint density at radius 1 is 1.00 bits per heavy atom. The monoisotopic (exact) mass is 249 g/mol. The van der Waals surface area contributed by atoms with Gasteiger partial charge in [0.15, 0.2) is 12.1 Å². The molecule has 92 valence electrons. The van der Waals surface area contributed by atoms with E-state index in [4.69, 9.17) is 0 Å². The number of para-hydroxylation sites is 1. The van der Waals surface area contributed by atoms with Crippen LogP contribution in [-0.4, -0.2) is 21.2 Å². The van der Waals surface area contributed by atoms with Crippen molar-refractivity contribution in [1.29, 1.82) is 0 Å². The molecule has 0 radical (unpaired) electrons. The van der Waals surface area contributed by atoms with Gasteiger partial charge in [0.05, 0.1) is 5.52 Å². The van der Waals surface area contributed by atoms with Gasteiger partial charge in [-0.3, -0.25) is 4.79 Å². The molecule has 3 rings (SSSR count). The van der Waals surface area contributed by atoms with Gasteiger partial charge >= 0.3 is 0 Å². The fourth-order valence-corrected chi connectivity index (χ4v) is 1.96. The summed E-state index contributed by atoms with van der Waals surface area (Å²) in [5.41, 5.74) is 2.68. The molecular formula is C15H11N3O. The van der Waals surface area contributed by atoms with E-state index in [1.54, 1.807) is 6.07 Å². The number of aryl methyl sites for hydroxylation is 1. The van der Waals surface area contributed by atoms with Gasteiger partial charge in [0.2, 0.25) is 0 Å². The minimum Gasteiger partial charge on any atom is -0.296 e. The molecule has 0 fully saturated rings. The lowest BCUT2D eigenvalue weighted by molar-refractivity contribution is 0.111. The molecule has 19 heavy (non-hydrogen) atoms. The topological polar surface area (TPSA) is 55.7 Å². The van der Waals surface area contributed by atoms with E-state index in [1.807, 2.05) is 43.3 Å². The number of hydrogen-bond donors (Lipinski definition) is 0. The second kappa shape index (κ2) is 4.57. The third-order valence-corrected chi connectivity index (χ3v) is 2.82. The van der Waals surface area contributed by atoms with Crippen LogP contribution in [-0.2, 0) is 0 Å². The molecule has 0 atom stereocenters. The van der Waals surface area contributed by atoms with Crippen molar-refractivity contribution in [3.63, 3.8) is 0 Å². The average molecular weight is 249 g/mol. The normalized spacial score (nSPS) is 10.6. The van der Waals surface area contributed by atoms with Crippen molar-refractivity contribution >= 4 is 17.2 Å². The number of carbonyl (C=O) groups excluding carboxylic acids is 1. The number of pyridine rings is 1. The number of hydrogen-bond acceptors (Lipinski definition) is 4. The molecule has 0 bridgehead atoms. The van der Waals surface area contributed by atoms with Gasteiger partial charge in [-0.25, -0.2) is 15.0 Å². The third-order valence-electron chi connectivity index (χ3n) is 2.82. The Kier molecular flexibility index (Phi) is 2.76. The number of fused-ring (bicyclic) bond motifs is 1. The zero-order valence-corrected chi connectivity index (χ0v) is 10.4. The fraction of sp³-hybridized carbons (Fsp3) is 0.0667. The molecule has 3 aromatic rings. The number of rotatable bonds is 2. The van der Waals surface area contributed by atoms with Gasteiger partial charge in [-0.2, -0.15) is 0 Å². The van der Waals surface area contributed by atoms with E-state index in [2.05, 4.69) is 15.0 Å². The number of aromatic nitrogens is 3. The molecule has 0 saturated heterocycles. The van der Waals surface area contributed by atoms with Crippen LogP contribution in [0.3, 0.4) is 0 Å². The summed E-state index contributed by atoms with van der Waals surface area (Å²) in [4.78, 5) is 23.9. The molecule has 2 aromatic heterocycles. The van der Waals surface area contributed by atoms with Crippen molar-refractivity contribution in [3.8, 4) is 11.5 Å². The maximum absolute atomic E-state index is 10.8. The Morgan fingerprint density at radius 3 is 2.68 bits per heavy atom. The maximum atomic E-state index is 10.8. The lowest BCUT2D eigenvalue weighted by Crippen LogP contribution is -1.98. The van der Waals surface area contributed by atoms with Crippen LogP contribution in [0, 0.1) is 6.92 Å². The minimum atomic E-state index is 0.373. The van der Waals surface area contributed by atoms with Crippen LogP contribution in [0.5, 0.6) is 0 Å². The Hall–Kier alpha value is -2.62. The second-order valence-corrected chi connectivity index (χ2v) is 4.26. The summed E-state index contributed by atoms with van der Waals surface area (Å²) < 4.78 is 0. The van der Waals surface area contributed by atoms with Gasteiger partial charge in [-0.15, -0.1) is 0 Å². The standard InChI is InChI=1S/C15H11N3O/c1-10-8-12(9-19)17-15(16-10)14-7-6-11-4-2-3-5-13(11)18-14/h2-9H,1H3. The van der Waals surface area contributed by atoms with Crippen molar-refractivity contribution in [2.75, 3.05) is 0 Å². The number of nitrogens with zero attached hydrogens (tertiary/aromatic N) is 3. The van der Waals surface area contributed by atoms with Gasteiger partial charge in [-0.1, -0.05) is 24.3 Å². The first-order chi connectivity index (χ1) is 9.26. The fourth-order valence-electron chi connectivity index (χ4n) is 1.96. The van der Waals surface area contributed by atoms with Crippen molar-refractivity contribution in [2.45, 2.75) is 6.92 Å². The van der Waals surface area contributed by atoms with Gasteiger partial charge in [0, 0.05) is 11.1 Å². The summed E-state index contributed by atoms with van der Waals surface area (Å²) in [6.45, 7) is 1.83. The summed E-state index contributed by atoms with van der Waals surface area (Å²) in [6, 6.07) is 13.3. The molecule has 0 unspecified atom stereocenters. The summed E-state index contributed by atoms with van der Waals surface area (Å²) in [5, 5.41) is 1.06. The summed E-state index contributed by atoms with van der Waals surface area (Å²) in [5.74, 6) is 0.479. The average Bonchev–Trinajstić information content (AvgIpc) is 2.46. The summed E-state index contributed by atoms with van der Waals surface area (Å²) >= 11 is 0. The first-order valence-corrected chi connectivity index (χ1v) is 5.93. The van der Waals surface area contributed by atoms with Crippen LogP contribution in [0.15, 0.2) is 42.5 Å². The van der Waals surface area contributed by atoms with Gasteiger partial charge < -0.3 is 0 Å². The summed E-state index contributed by atoms with van der Waals surface area (Å²) in [7, 11) is 0. The molecule has 0 amide bonds. The maximum Gasteiger partial charge on any atom is 0.179 e. The van der Waals surface area contributed by atoms with Crippen molar-refractivity contribution in [3.05, 3.63) is 53.9 Å². The smallest absolute Gasteiger partial charge is 0.179 e. The SMILES string of the molecule is Cc1cc(C=O)nc(-c2ccc3ccccc3n2)n1. The van der Waals surface area contributed by atoms with E-state index in [-0.39, 0.29) is 0 Å². The number of benzene rings is 1. The Bertz CT molecular complexity index is 768. The zero-order valence-electron chi connectivity index (χ0n) is 10.4. The third kappa shape index (κ3) is 2.20. The molecule has 2 heterocycles. The molecule has 0 N–H and O–H groups in total. The largest absolute Gasteiger partial charge is 0.296 e. The minimum absolute atomic E-state index is 0.373. The number of aldehydes is 1. The van der Waals surface area contributed by atoms with Gasteiger partial charge in [-0.05, 0) is 25.1 Å². The molecule has 0 spiro atoms. The molecule has 0 saturated carbocycles. The van der Waals surface area contributed by atoms with Crippen LogP contribution in [0.25, 0.3) is 22.4 Å². The Morgan fingerprint density at radius 2 is 1.84 bits per heavy atom. The van der Waals surface area contributed by atoms with E-state index in [1.165, 1.54) is 0 Å². The highest BCUT2D eigenvalue weighted by Crippen LogP contribution is 2.18. The zero-order chi connectivity index (χ0) is 13.2. The van der Waals surface area contributed by atoms with Crippen molar-refractivity contribution < 1.29 is 4.79 Å². The predicted molar refractivity (Wildman–Crippen MR) is 72.9 cm³/mol. The molecule has 4 heteroatoms. The van der Waals surface area contributed by atoms with E-state index in [9.17, 15) is 4.79 Å². The van der Waals surface area contributed by atoms with Crippen LogP contribution in [0.2, 0.25) is 0 Å². The predicted octanol–water partition coefficient (Wildman–Crippen LogP) is 2.81. The molecule has 0 aliphatic carbocycles. The lowest BCUT2D eigenvalue weighted by Gasteiger charge is -2.03. The first kappa shape index (κ1) is 11.5. The van der Waals surface area contributed by atoms with Crippen molar-refractivity contribution in [1.82, 2.24) is 15.0 Å². The van der Waals surface area contributed by atoms with Crippen LogP contribution in [0.4, 0.5) is 0 Å². The molecule has 4 nitrogen and oxygen atoms in total. The van der Waals surface area contributed by atoms with Crippen molar-refractivity contribution in [2.24, 2.45) is 0 Å². The molecule has 1 aromatic carbocycles. The van der Waals surface area contributed by atoms with E-state index in [0.29, 0.717) is 17.2 Å². The molecule has 0 aliphatic heterocycles. The quantitative estimate of drug-likeness (QED) is 0.655. The van der Waals surface area contributed by atoms with E-state index in [0.717, 1.165) is 22.9 Å². The van der Waals surface area contributed by atoms with E-state index < -0.39 is 0 Å².